The topological polar surface area (TPSA) is 72.3 Å². The summed E-state index contributed by atoms with van der Waals surface area (Å²) in [6, 6.07) is 0.354. The Bertz CT molecular complexity index is 388. The lowest BCUT2D eigenvalue weighted by Crippen LogP contribution is -2.28. The number of hydrogen-bond acceptors (Lipinski definition) is 4. The van der Waals surface area contributed by atoms with Gasteiger partial charge in [0.15, 0.2) is 0 Å². The van der Waals surface area contributed by atoms with E-state index >= 15 is 0 Å². The monoisotopic (exact) mass is 300 g/mol. The van der Waals surface area contributed by atoms with E-state index in [0.29, 0.717) is 18.9 Å². The molecule has 1 saturated carbocycles. The molecule has 1 aromatic rings. The molecule has 92 valence electrons. The van der Waals surface area contributed by atoms with Crippen molar-refractivity contribution >= 4 is 21.9 Å². The Morgan fingerprint density at radius 1 is 1.29 bits per heavy atom. The van der Waals surface area contributed by atoms with Crippen LogP contribution in [-0.4, -0.2) is 27.1 Å². The summed E-state index contributed by atoms with van der Waals surface area (Å²) in [6.45, 7) is 0. The molecule has 0 atom stereocenters. The van der Waals surface area contributed by atoms with E-state index in [2.05, 4.69) is 25.9 Å². The normalized spacial score (nSPS) is 24.3. The fraction of sp³-hybridized carbons (Fsp3) is 0.545. The first-order chi connectivity index (χ1) is 8.15. The third-order valence-corrected chi connectivity index (χ3v) is 3.30. The van der Waals surface area contributed by atoms with Crippen LogP contribution in [0.2, 0.25) is 0 Å². The summed E-state index contributed by atoms with van der Waals surface area (Å²) in [6.07, 6.45) is 6.11. The number of aliphatic carboxylic acids is 1. The van der Waals surface area contributed by atoms with Gasteiger partial charge in [-0.2, -0.15) is 0 Å². The zero-order valence-corrected chi connectivity index (χ0v) is 10.8. The first-order valence-electron chi connectivity index (χ1n) is 5.52. The predicted octanol–water partition coefficient (Wildman–Crippen LogP) is 2.26. The quantitative estimate of drug-likeness (QED) is 0.927. The minimum Gasteiger partial charge on any atom is -0.481 e. The third-order valence-electron chi connectivity index (χ3n) is 2.89. The second kappa shape index (κ2) is 5.44. The van der Waals surface area contributed by atoms with E-state index in [1.54, 1.807) is 12.4 Å². The Balaban J connectivity index is 1.85. The van der Waals surface area contributed by atoms with Gasteiger partial charge in [0.2, 0.25) is 0 Å². The van der Waals surface area contributed by atoms with E-state index < -0.39 is 5.97 Å². The molecule has 1 aliphatic rings. The molecule has 0 radical (unpaired) electrons. The first-order valence-corrected chi connectivity index (χ1v) is 6.31. The number of rotatable bonds is 3. The van der Waals surface area contributed by atoms with Gasteiger partial charge in [-0.25, -0.2) is 9.97 Å². The molecular weight excluding hydrogens is 288 g/mol. The van der Waals surface area contributed by atoms with Gasteiger partial charge in [-0.05, 0) is 41.6 Å². The van der Waals surface area contributed by atoms with Gasteiger partial charge in [-0.1, -0.05) is 0 Å². The number of carbonyl (C=O) groups is 1. The molecule has 0 spiro atoms. The molecule has 0 aromatic carbocycles. The van der Waals surface area contributed by atoms with Crippen LogP contribution in [0.3, 0.4) is 0 Å². The van der Waals surface area contributed by atoms with Crippen molar-refractivity contribution in [3.63, 3.8) is 0 Å². The van der Waals surface area contributed by atoms with Crippen LogP contribution in [0, 0.1) is 5.92 Å². The number of ether oxygens (including phenoxy) is 1. The van der Waals surface area contributed by atoms with Crippen molar-refractivity contribution in [2.75, 3.05) is 0 Å². The van der Waals surface area contributed by atoms with Gasteiger partial charge in [0.1, 0.15) is 6.10 Å². The standard InChI is InChI=1S/C11H13BrN2O3/c12-8-5-13-11(14-6-8)17-9-3-1-7(2-4-9)10(15)16/h5-7,9H,1-4H2,(H,15,16)/t7-,9-. The van der Waals surface area contributed by atoms with Gasteiger partial charge in [-0.15, -0.1) is 0 Å². The molecule has 0 amide bonds. The van der Waals surface area contributed by atoms with Crippen LogP contribution < -0.4 is 4.74 Å². The summed E-state index contributed by atoms with van der Waals surface area (Å²) < 4.78 is 6.41. The molecule has 1 heterocycles. The van der Waals surface area contributed by atoms with Gasteiger partial charge >= 0.3 is 12.0 Å². The van der Waals surface area contributed by atoms with Crippen LogP contribution in [0.25, 0.3) is 0 Å². The lowest BCUT2D eigenvalue weighted by Gasteiger charge is -2.25. The molecule has 6 heteroatoms. The number of carboxylic acid groups (broad SMARTS) is 1. The van der Waals surface area contributed by atoms with Gasteiger partial charge in [0.25, 0.3) is 0 Å². The Morgan fingerprint density at radius 2 is 1.88 bits per heavy atom. The highest BCUT2D eigenvalue weighted by molar-refractivity contribution is 9.10. The summed E-state index contributed by atoms with van der Waals surface area (Å²) in [5.74, 6) is -0.927. The van der Waals surface area contributed by atoms with Crippen molar-refractivity contribution in [3.8, 4) is 6.01 Å². The minimum atomic E-state index is -0.705. The van der Waals surface area contributed by atoms with Gasteiger partial charge < -0.3 is 9.84 Å². The maximum absolute atomic E-state index is 10.8. The lowest BCUT2D eigenvalue weighted by molar-refractivity contribution is -0.143. The van der Waals surface area contributed by atoms with Gasteiger partial charge in [-0.3, -0.25) is 4.79 Å². The summed E-state index contributed by atoms with van der Waals surface area (Å²) >= 11 is 3.25. The number of halogens is 1. The van der Waals surface area contributed by atoms with E-state index in [0.717, 1.165) is 17.3 Å². The number of hydrogen-bond donors (Lipinski definition) is 1. The Hall–Kier alpha value is -1.17. The van der Waals surface area contributed by atoms with Crippen molar-refractivity contribution in [2.45, 2.75) is 31.8 Å². The van der Waals surface area contributed by atoms with E-state index in [4.69, 9.17) is 9.84 Å². The number of aromatic nitrogens is 2. The highest BCUT2D eigenvalue weighted by Crippen LogP contribution is 2.26. The second-order valence-electron chi connectivity index (χ2n) is 4.11. The summed E-state index contributed by atoms with van der Waals surface area (Å²) in [5, 5.41) is 8.87. The molecular formula is C11H13BrN2O3. The maximum atomic E-state index is 10.8. The van der Waals surface area contributed by atoms with Crippen molar-refractivity contribution in [3.05, 3.63) is 16.9 Å². The zero-order chi connectivity index (χ0) is 12.3. The highest BCUT2D eigenvalue weighted by atomic mass is 79.9. The second-order valence-corrected chi connectivity index (χ2v) is 5.03. The van der Waals surface area contributed by atoms with Crippen molar-refractivity contribution < 1.29 is 14.6 Å². The molecule has 2 rings (SSSR count). The maximum Gasteiger partial charge on any atom is 0.316 e. The number of nitrogens with zero attached hydrogens (tertiary/aromatic N) is 2. The lowest BCUT2D eigenvalue weighted by atomic mass is 9.87. The van der Waals surface area contributed by atoms with Crippen LogP contribution in [0.15, 0.2) is 16.9 Å². The molecule has 1 aliphatic carbocycles. The van der Waals surface area contributed by atoms with Gasteiger partial charge in [0, 0.05) is 12.4 Å². The Morgan fingerprint density at radius 3 is 2.41 bits per heavy atom. The van der Waals surface area contributed by atoms with Gasteiger partial charge in [0.05, 0.1) is 10.4 Å². The summed E-state index contributed by atoms with van der Waals surface area (Å²) in [4.78, 5) is 18.8. The first kappa shape index (κ1) is 12.3. The van der Waals surface area contributed by atoms with Crippen LogP contribution in [0.5, 0.6) is 6.01 Å². The fourth-order valence-electron chi connectivity index (χ4n) is 1.94. The van der Waals surface area contributed by atoms with E-state index in [1.807, 2.05) is 0 Å². The van der Waals surface area contributed by atoms with Crippen LogP contribution in [0.1, 0.15) is 25.7 Å². The van der Waals surface area contributed by atoms with E-state index in [1.165, 1.54) is 0 Å². The smallest absolute Gasteiger partial charge is 0.316 e. The molecule has 0 saturated heterocycles. The highest BCUT2D eigenvalue weighted by Gasteiger charge is 2.27. The molecule has 1 fully saturated rings. The van der Waals surface area contributed by atoms with Crippen LogP contribution in [0.4, 0.5) is 0 Å². The van der Waals surface area contributed by atoms with Crippen molar-refractivity contribution in [1.82, 2.24) is 9.97 Å². The third kappa shape index (κ3) is 3.39. The molecule has 5 nitrogen and oxygen atoms in total. The predicted molar refractivity (Wildman–Crippen MR) is 63.7 cm³/mol. The zero-order valence-electron chi connectivity index (χ0n) is 9.17. The van der Waals surface area contributed by atoms with E-state index in [9.17, 15) is 4.79 Å². The Kier molecular flexibility index (Phi) is 3.93. The largest absolute Gasteiger partial charge is 0.481 e. The van der Waals surface area contributed by atoms with Crippen molar-refractivity contribution in [1.29, 1.82) is 0 Å². The van der Waals surface area contributed by atoms with Crippen molar-refractivity contribution in [2.24, 2.45) is 5.92 Å². The SMILES string of the molecule is O=C(O)[C@H]1CC[C@H](Oc2ncc(Br)cn2)CC1. The molecule has 0 unspecified atom stereocenters. The molecule has 0 bridgehead atoms. The Labute approximate surface area is 107 Å². The number of carboxylic acids is 1. The minimum absolute atomic E-state index is 0.0341. The molecule has 17 heavy (non-hydrogen) atoms. The molecule has 1 N–H and O–H groups in total. The average molecular weight is 301 g/mol. The summed E-state index contributed by atoms with van der Waals surface area (Å²) in [7, 11) is 0. The molecule has 0 aliphatic heterocycles. The van der Waals surface area contributed by atoms with E-state index in [-0.39, 0.29) is 12.0 Å². The van der Waals surface area contributed by atoms with Crippen LogP contribution in [-0.2, 0) is 4.79 Å². The van der Waals surface area contributed by atoms with Crippen LogP contribution >= 0.6 is 15.9 Å². The average Bonchev–Trinajstić information content (AvgIpc) is 2.33. The summed E-state index contributed by atoms with van der Waals surface area (Å²) in [5.41, 5.74) is 0. The molecule has 1 aromatic heterocycles. The fourth-order valence-corrected chi connectivity index (χ4v) is 2.14.